The zero-order valence-corrected chi connectivity index (χ0v) is 18.7. The second-order valence-electron chi connectivity index (χ2n) is 9.13. The van der Waals surface area contributed by atoms with E-state index in [4.69, 9.17) is 15.5 Å². The average molecular weight is 477 g/mol. The number of anilines is 2. The Kier molecular flexibility index (Phi) is 4.19. The Hall–Kier alpha value is -4.06. The number of rotatable bonds is 4. The second-order valence-corrected chi connectivity index (χ2v) is 9.13. The largest absolute Gasteiger partial charge is 0.421 e. The van der Waals surface area contributed by atoms with Crippen LogP contribution in [0, 0.1) is 17.6 Å². The first-order valence-corrected chi connectivity index (χ1v) is 11.4. The van der Waals surface area contributed by atoms with Crippen molar-refractivity contribution >= 4 is 39.1 Å². The second kappa shape index (κ2) is 7.22. The molecule has 35 heavy (non-hydrogen) atoms. The molecule has 12 heteroatoms. The van der Waals surface area contributed by atoms with Gasteiger partial charge in [-0.05, 0) is 18.8 Å². The van der Waals surface area contributed by atoms with Gasteiger partial charge in [0.15, 0.2) is 23.0 Å². The number of H-pyrrole nitrogens is 1. The van der Waals surface area contributed by atoms with Crippen molar-refractivity contribution in [2.45, 2.75) is 24.9 Å². The highest BCUT2D eigenvalue weighted by Crippen LogP contribution is 2.44. The van der Waals surface area contributed by atoms with Crippen molar-refractivity contribution in [3.63, 3.8) is 0 Å². The van der Waals surface area contributed by atoms with Crippen LogP contribution in [0.1, 0.15) is 12.8 Å². The fourth-order valence-corrected chi connectivity index (χ4v) is 5.51. The van der Waals surface area contributed by atoms with Crippen LogP contribution in [-0.4, -0.2) is 55.2 Å². The van der Waals surface area contributed by atoms with Gasteiger partial charge in [0.2, 0.25) is 0 Å². The number of benzene rings is 1. The molecule has 1 aliphatic carbocycles. The van der Waals surface area contributed by atoms with E-state index in [1.807, 2.05) is 0 Å². The monoisotopic (exact) mass is 477 g/mol. The number of piperidine rings is 1. The van der Waals surface area contributed by atoms with Crippen molar-refractivity contribution < 1.29 is 13.5 Å². The molecule has 2 bridgehead atoms. The third kappa shape index (κ3) is 2.95. The van der Waals surface area contributed by atoms with E-state index in [0.717, 1.165) is 18.9 Å². The topological polar surface area (TPSA) is 122 Å². The molecule has 178 valence electrons. The number of hydrogen-bond donors (Lipinski definition) is 3. The van der Waals surface area contributed by atoms with E-state index in [2.05, 4.69) is 30.3 Å². The Balaban J connectivity index is 1.44. The Labute approximate surface area is 197 Å². The quantitative estimate of drug-likeness (QED) is 0.361. The van der Waals surface area contributed by atoms with Crippen molar-refractivity contribution in [1.29, 1.82) is 0 Å². The van der Waals surface area contributed by atoms with Gasteiger partial charge in [0.05, 0.1) is 40.6 Å². The van der Waals surface area contributed by atoms with Crippen molar-refractivity contribution in [2.24, 2.45) is 11.7 Å². The third-order valence-corrected chi connectivity index (χ3v) is 7.15. The Bertz CT molecular complexity index is 1630. The maximum atomic E-state index is 15.2. The first-order valence-electron chi connectivity index (χ1n) is 11.4. The van der Waals surface area contributed by atoms with Crippen LogP contribution in [0.25, 0.3) is 27.6 Å². The SMILES string of the molecule is CNc1cc(F)c(F)c2c1[nH]c1nc(Oc3cnc4ccnn4c3)nc(N3C[C@H]4C[C@@H]3C[C@H]4N)c12. The van der Waals surface area contributed by atoms with E-state index in [0.29, 0.717) is 51.9 Å². The third-order valence-electron chi connectivity index (χ3n) is 7.15. The predicted octanol–water partition coefficient (Wildman–Crippen LogP) is 3.19. The highest BCUT2D eigenvalue weighted by atomic mass is 19.2. The highest BCUT2D eigenvalue weighted by molar-refractivity contribution is 6.15. The van der Waals surface area contributed by atoms with E-state index in [1.54, 1.807) is 36.2 Å². The van der Waals surface area contributed by atoms with Gasteiger partial charge in [-0.1, -0.05) is 0 Å². The molecule has 5 heterocycles. The minimum Gasteiger partial charge on any atom is -0.421 e. The van der Waals surface area contributed by atoms with Gasteiger partial charge in [-0.15, -0.1) is 0 Å². The standard InChI is InChI=1S/C23H21F2N9O/c1-27-15-6-13(24)19(25)17-18-21(30-20(15)17)31-23(35-12-7-28-16-2-3-29-34(16)9-12)32-22(18)33-8-10-4-11(33)5-14(10)26/h2-3,6-7,9-11,14,27H,4-5,8,26H2,1H3,(H,30,31,32)/t10-,11-,14-/m1/s1. The number of nitrogens with zero attached hydrogens (tertiary/aromatic N) is 6. The summed E-state index contributed by atoms with van der Waals surface area (Å²) >= 11 is 0. The molecule has 0 unspecified atom stereocenters. The summed E-state index contributed by atoms with van der Waals surface area (Å²) < 4.78 is 37.3. The first-order chi connectivity index (χ1) is 17.0. The lowest BCUT2D eigenvalue weighted by atomic mass is 10.0. The molecule has 0 spiro atoms. The van der Waals surface area contributed by atoms with Crippen LogP contribution < -0.4 is 20.7 Å². The predicted molar refractivity (Wildman–Crippen MR) is 126 cm³/mol. The molecule has 1 saturated carbocycles. The van der Waals surface area contributed by atoms with Crippen LogP contribution >= 0.6 is 0 Å². The number of hydrogen-bond acceptors (Lipinski definition) is 8. The van der Waals surface area contributed by atoms with Crippen LogP contribution in [0.3, 0.4) is 0 Å². The molecule has 4 aromatic heterocycles. The molecule has 0 radical (unpaired) electrons. The summed E-state index contributed by atoms with van der Waals surface area (Å²) in [6, 6.07) is 3.25. The van der Waals surface area contributed by atoms with Crippen LogP contribution in [-0.2, 0) is 0 Å². The van der Waals surface area contributed by atoms with Gasteiger partial charge in [0.1, 0.15) is 11.5 Å². The van der Waals surface area contributed by atoms with Gasteiger partial charge in [0.25, 0.3) is 0 Å². The van der Waals surface area contributed by atoms with Gasteiger partial charge >= 0.3 is 6.01 Å². The van der Waals surface area contributed by atoms with Gasteiger partial charge < -0.3 is 25.7 Å². The smallest absolute Gasteiger partial charge is 0.326 e. The number of nitrogens with one attached hydrogen (secondary N) is 2. The minimum absolute atomic E-state index is 0.0614. The summed E-state index contributed by atoms with van der Waals surface area (Å²) in [7, 11) is 1.65. The lowest BCUT2D eigenvalue weighted by Gasteiger charge is -2.31. The van der Waals surface area contributed by atoms with Gasteiger partial charge in [-0.3, -0.25) is 0 Å². The van der Waals surface area contributed by atoms with E-state index in [-0.39, 0.29) is 23.5 Å². The molecule has 3 atom stereocenters. The zero-order chi connectivity index (χ0) is 23.8. The summed E-state index contributed by atoms with van der Waals surface area (Å²) in [4.78, 5) is 18.8. The highest BCUT2D eigenvalue weighted by Gasteiger charge is 2.44. The number of halogens is 2. The maximum absolute atomic E-state index is 15.2. The molecule has 1 saturated heterocycles. The fourth-order valence-electron chi connectivity index (χ4n) is 5.51. The van der Waals surface area contributed by atoms with E-state index < -0.39 is 11.6 Å². The molecule has 5 aromatic rings. The maximum Gasteiger partial charge on any atom is 0.326 e. The molecule has 1 aliphatic heterocycles. The molecule has 10 nitrogen and oxygen atoms in total. The molecule has 7 rings (SSSR count). The number of ether oxygens (including phenoxy) is 1. The first kappa shape index (κ1) is 20.3. The molecule has 4 N–H and O–H groups in total. The Morgan fingerprint density at radius 2 is 2.11 bits per heavy atom. The molecule has 1 aromatic carbocycles. The van der Waals surface area contributed by atoms with Crippen molar-refractivity contribution in [2.75, 3.05) is 23.8 Å². The molecule has 2 fully saturated rings. The summed E-state index contributed by atoms with van der Waals surface area (Å²) in [6.07, 6.45) is 6.61. The zero-order valence-electron chi connectivity index (χ0n) is 18.7. The van der Waals surface area contributed by atoms with Gasteiger partial charge in [-0.25, -0.2) is 18.3 Å². The number of fused-ring (bicyclic) bond motifs is 6. The van der Waals surface area contributed by atoms with Crippen molar-refractivity contribution in [3.8, 4) is 11.8 Å². The summed E-state index contributed by atoms with van der Waals surface area (Å²) in [5, 5.41) is 7.63. The van der Waals surface area contributed by atoms with E-state index >= 15 is 4.39 Å². The minimum atomic E-state index is -0.947. The normalized spacial score (nSPS) is 21.6. The summed E-state index contributed by atoms with van der Waals surface area (Å²) in [6.45, 7) is 0.681. The number of aromatic amines is 1. The number of nitrogens with two attached hydrogens (primary N) is 1. The van der Waals surface area contributed by atoms with Crippen LogP contribution in [0.15, 0.2) is 30.7 Å². The Morgan fingerprint density at radius 3 is 2.89 bits per heavy atom. The lowest BCUT2D eigenvalue weighted by molar-refractivity contribution is 0.435. The average Bonchev–Trinajstić information content (AvgIpc) is 3.62. The molecular weight excluding hydrogens is 456 g/mol. The Morgan fingerprint density at radius 1 is 1.23 bits per heavy atom. The fraction of sp³-hybridized carbons (Fsp3) is 0.304. The molecule has 2 aliphatic rings. The molecule has 0 amide bonds. The van der Waals surface area contributed by atoms with Crippen LogP contribution in [0.4, 0.5) is 20.3 Å². The molecular formula is C23H21F2N9O. The lowest BCUT2D eigenvalue weighted by Crippen LogP contribution is -2.41. The van der Waals surface area contributed by atoms with Gasteiger partial charge in [0, 0.05) is 37.8 Å². The van der Waals surface area contributed by atoms with E-state index in [9.17, 15) is 4.39 Å². The summed E-state index contributed by atoms with van der Waals surface area (Å²) in [5.74, 6) is -0.688. The van der Waals surface area contributed by atoms with Crippen molar-refractivity contribution in [1.82, 2.24) is 29.5 Å². The number of aromatic nitrogens is 6. The van der Waals surface area contributed by atoms with Crippen molar-refractivity contribution in [3.05, 3.63) is 42.4 Å². The summed E-state index contributed by atoms with van der Waals surface area (Å²) in [5.41, 5.74) is 8.12. The van der Waals surface area contributed by atoms with Crippen LogP contribution in [0.5, 0.6) is 11.8 Å². The van der Waals surface area contributed by atoms with Crippen LogP contribution in [0.2, 0.25) is 0 Å². The van der Waals surface area contributed by atoms with E-state index in [1.165, 1.54) is 0 Å². The van der Waals surface area contributed by atoms with Gasteiger partial charge in [-0.2, -0.15) is 15.1 Å².